The van der Waals surface area contributed by atoms with Crippen LogP contribution in [0, 0.1) is 0 Å². The Bertz CT molecular complexity index is 368. The molecule has 0 atom stereocenters. The Kier molecular flexibility index (Phi) is 4.65. The largest absolute Gasteiger partial charge is 0.370 e. The van der Waals surface area contributed by atoms with Gasteiger partial charge in [-0.05, 0) is 0 Å². The molecule has 6 nitrogen and oxygen atoms in total. The Morgan fingerprint density at radius 3 is 2.82 bits per heavy atom. The molecule has 1 aromatic rings. The first kappa shape index (κ1) is 13.7. The van der Waals surface area contributed by atoms with E-state index in [1.165, 1.54) is 0 Å². The monoisotopic (exact) mass is 240 g/mol. The third-order valence-electron chi connectivity index (χ3n) is 2.15. The van der Waals surface area contributed by atoms with E-state index in [1.807, 2.05) is 6.07 Å². The molecule has 0 spiro atoms. The number of aromatic amines is 1. The molecule has 0 aromatic carbocycles. The van der Waals surface area contributed by atoms with Crippen LogP contribution in [0.5, 0.6) is 0 Å². The Balaban J connectivity index is 2.46. The molecule has 0 fully saturated rings. The number of hydrogen-bond donors (Lipinski definition) is 3. The summed E-state index contributed by atoms with van der Waals surface area (Å²) in [5, 5.41) is 9.55. The minimum absolute atomic E-state index is 0.00505. The number of H-pyrrole nitrogens is 1. The van der Waals surface area contributed by atoms with Crippen molar-refractivity contribution in [3.8, 4) is 0 Å². The van der Waals surface area contributed by atoms with Gasteiger partial charge in [0.15, 0.2) is 5.82 Å². The highest BCUT2D eigenvalue weighted by atomic mass is 16.5. The topological polar surface area (TPSA) is 93.0 Å². The number of rotatable bonds is 5. The van der Waals surface area contributed by atoms with Crippen LogP contribution in [0.4, 0.5) is 5.82 Å². The Morgan fingerprint density at radius 2 is 2.29 bits per heavy atom. The zero-order chi connectivity index (χ0) is 12.9. The number of nitrogens with one attached hydrogen (secondary N) is 2. The second-order valence-corrected chi connectivity index (χ2v) is 4.81. The summed E-state index contributed by atoms with van der Waals surface area (Å²) in [5.74, 6) is 0.279. The van der Waals surface area contributed by atoms with Gasteiger partial charge in [0.1, 0.15) is 6.61 Å². The molecule has 0 aliphatic carbocycles. The molecule has 1 aromatic heterocycles. The number of amides is 1. The van der Waals surface area contributed by atoms with Gasteiger partial charge in [-0.2, -0.15) is 5.10 Å². The molecule has 6 heteroatoms. The van der Waals surface area contributed by atoms with Crippen molar-refractivity contribution in [3.63, 3.8) is 0 Å². The molecule has 0 radical (unpaired) electrons. The third kappa shape index (κ3) is 4.54. The van der Waals surface area contributed by atoms with Crippen molar-refractivity contribution >= 4 is 11.7 Å². The molecule has 0 unspecified atom stereocenters. The second kappa shape index (κ2) is 5.79. The molecule has 0 bridgehead atoms. The fraction of sp³-hybridized carbons (Fsp3) is 0.636. The van der Waals surface area contributed by atoms with E-state index in [0.717, 1.165) is 5.69 Å². The van der Waals surface area contributed by atoms with Gasteiger partial charge in [-0.25, -0.2) is 0 Å². The fourth-order valence-electron chi connectivity index (χ4n) is 1.20. The van der Waals surface area contributed by atoms with Crippen LogP contribution in [-0.2, 0) is 14.9 Å². The van der Waals surface area contributed by atoms with Gasteiger partial charge in [0, 0.05) is 23.7 Å². The molecule has 1 heterocycles. The van der Waals surface area contributed by atoms with Crippen molar-refractivity contribution in [1.82, 2.24) is 10.2 Å². The average Bonchev–Trinajstić information content (AvgIpc) is 2.66. The molecule has 4 N–H and O–H groups in total. The molecule has 0 aliphatic heterocycles. The minimum Gasteiger partial charge on any atom is -0.370 e. The van der Waals surface area contributed by atoms with Crippen LogP contribution in [-0.4, -0.2) is 35.9 Å². The van der Waals surface area contributed by atoms with E-state index >= 15 is 0 Å². The standard InChI is InChI=1S/C11H20N4O2/c1-11(2,3)8-6-9(15-14-8)13-10(16)7-17-5-4-12/h6H,4-5,7,12H2,1-3H3,(H2,13,14,15,16). The van der Waals surface area contributed by atoms with Crippen molar-refractivity contribution in [2.24, 2.45) is 5.73 Å². The summed E-state index contributed by atoms with van der Waals surface area (Å²) in [5.41, 5.74) is 6.19. The molecule has 0 saturated heterocycles. The van der Waals surface area contributed by atoms with E-state index in [9.17, 15) is 4.79 Å². The van der Waals surface area contributed by atoms with Crippen molar-refractivity contribution in [2.45, 2.75) is 26.2 Å². The molecule has 1 rings (SSSR count). The normalized spacial score (nSPS) is 11.5. The number of anilines is 1. The van der Waals surface area contributed by atoms with Crippen molar-refractivity contribution in [1.29, 1.82) is 0 Å². The van der Waals surface area contributed by atoms with Crippen LogP contribution in [0.3, 0.4) is 0 Å². The van der Waals surface area contributed by atoms with Crippen LogP contribution in [0.2, 0.25) is 0 Å². The van der Waals surface area contributed by atoms with Crippen LogP contribution in [0.1, 0.15) is 26.5 Å². The van der Waals surface area contributed by atoms with E-state index < -0.39 is 0 Å². The molecular weight excluding hydrogens is 220 g/mol. The van der Waals surface area contributed by atoms with Gasteiger partial charge in [-0.3, -0.25) is 9.89 Å². The summed E-state index contributed by atoms with van der Waals surface area (Å²) in [7, 11) is 0. The summed E-state index contributed by atoms with van der Waals surface area (Å²) in [6.45, 7) is 6.98. The number of nitrogens with two attached hydrogens (primary N) is 1. The lowest BCUT2D eigenvalue weighted by atomic mass is 9.92. The number of carbonyl (C=O) groups is 1. The number of ether oxygens (including phenoxy) is 1. The van der Waals surface area contributed by atoms with Crippen LogP contribution >= 0.6 is 0 Å². The fourth-order valence-corrected chi connectivity index (χ4v) is 1.20. The van der Waals surface area contributed by atoms with Gasteiger partial charge in [-0.15, -0.1) is 0 Å². The number of nitrogens with zero attached hydrogens (tertiary/aromatic N) is 1. The number of hydrogen-bond acceptors (Lipinski definition) is 4. The van der Waals surface area contributed by atoms with E-state index in [1.54, 1.807) is 0 Å². The zero-order valence-electron chi connectivity index (χ0n) is 10.5. The smallest absolute Gasteiger partial charge is 0.251 e. The molecular formula is C11H20N4O2. The maximum Gasteiger partial charge on any atom is 0.251 e. The van der Waals surface area contributed by atoms with Gasteiger partial charge in [0.2, 0.25) is 0 Å². The number of carbonyl (C=O) groups excluding carboxylic acids is 1. The van der Waals surface area contributed by atoms with E-state index in [-0.39, 0.29) is 17.9 Å². The van der Waals surface area contributed by atoms with Crippen LogP contribution in [0.25, 0.3) is 0 Å². The molecule has 17 heavy (non-hydrogen) atoms. The maximum atomic E-state index is 11.4. The molecule has 96 valence electrons. The Labute approximate surface area is 101 Å². The van der Waals surface area contributed by atoms with E-state index in [2.05, 4.69) is 36.3 Å². The quantitative estimate of drug-likeness (QED) is 0.658. The van der Waals surface area contributed by atoms with Gasteiger partial charge < -0.3 is 15.8 Å². The van der Waals surface area contributed by atoms with E-state index in [0.29, 0.717) is 19.0 Å². The third-order valence-corrected chi connectivity index (χ3v) is 2.15. The van der Waals surface area contributed by atoms with Gasteiger partial charge in [-0.1, -0.05) is 20.8 Å². The summed E-state index contributed by atoms with van der Waals surface area (Å²) in [4.78, 5) is 11.4. The molecule has 0 saturated carbocycles. The first-order valence-electron chi connectivity index (χ1n) is 5.57. The predicted molar refractivity (Wildman–Crippen MR) is 65.8 cm³/mol. The minimum atomic E-state index is -0.231. The van der Waals surface area contributed by atoms with Crippen molar-refractivity contribution < 1.29 is 9.53 Å². The average molecular weight is 240 g/mol. The first-order valence-corrected chi connectivity index (χ1v) is 5.57. The van der Waals surface area contributed by atoms with Crippen LogP contribution in [0.15, 0.2) is 6.07 Å². The summed E-state index contributed by atoms with van der Waals surface area (Å²) >= 11 is 0. The van der Waals surface area contributed by atoms with Gasteiger partial charge in [0.05, 0.1) is 6.61 Å². The van der Waals surface area contributed by atoms with Crippen molar-refractivity contribution in [3.05, 3.63) is 11.8 Å². The first-order chi connectivity index (χ1) is 7.93. The lowest BCUT2D eigenvalue weighted by molar-refractivity contribution is -0.120. The SMILES string of the molecule is CC(C)(C)c1cc(NC(=O)COCCN)n[nH]1. The lowest BCUT2D eigenvalue weighted by Crippen LogP contribution is -2.20. The second-order valence-electron chi connectivity index (χ2n) is 4.81. The Morgan fingerprint density at radius 1 is 1.59 bits per heavy atom. The molecule has 0 aliphatic rings. The zero-order valence-corrected chi connectivity index (χ0v) is 10.5. The summed E-state index contributed by atoms with van der Waals surface area (Å²) in [6.07, 6.45) is 0. The lowest BCUT2D eigenvalue weighted by Gasteiger charge is -2.14. The van der Waals surface area contributed by atoms with E-state index in [4.69, 9.17) is 10.5 Å². The highest BCUT2D eigenvalue weighted by Crippen LogP contribution is 2.21. The summed E-state index contributed by atoms with van der Waals surface area (Å²) < 4.78 is 5.02. The van der Waals surface area contributed by atoms with Gasteiger partial charge >= 0.3 is 0 Å². The highest BCUT2D eigenvalue weighted by molar-refractivity contribution is 5.90. The highest BCUT2D eigenvalue weighted by Gasteiger charge is 2.17. The van der Waals surface area contributed by atoms with Gasteiger partial charge in [0.25, 0.3) is 5.91 Å². The Hall–Kier alpha value is -1.40. The number of aromatic nitrogens is 2. The van der Waals surface area contributed by atoms with Crippen molar-refractivity contribution in [2.75, 3.05) is 25.1 Å². The summed E-state index contributed by atoms with van der Waals surface area (Å²) in [6, 6.07) is 1.82. The predicted octanol–water partition coefficient (Wildman–Crippen LogP) is 0.621. The maximum absolute atomic E-state index is 11.4. The van der Waals surface area contributed by atoms with Crippen LogP contribution < -0.4 is 11.1 Å². The molecule has 1 amide bonds.